The van der Waals surface area contributed by atoms with E-state index in [1.54, 1.807) is 0 Å². The zero-order chi connectivity index (χ0) is 8.48. The van der Waals surface area contributed by atoms with Crippen LogP contribution in [-0.2, 0) is 3.79 Å². The van der Waals surface area contributed by atoms with E-state index in [1.807, 2.05) is 0 Å². The third-order valence-electron chi connectivity index (χ3n) is 1.08. The molecule has 1 heterocycles. The molecule has 60 valence electrons. The summed E-state index contributed by atoms with van der Waals surface area (Å²) in [5, 5.41) is 8.78. The highest BCUT2D eigenvalue weighted by Crippen LogP contribution is 2.37. The van der Waals surface area contributed by atoms with E-state index in [0.717, 1.165) is 0 Å². The molecule has 0 unspecified atom stereocenters. The highest BCUT2D eigenvalue weighted by Gasteiger charge is 2.22. The molecule has 0 aromatic carbocycles. The van der Waals surface area contributed by atoms with Crippen LogP contribution < -0.4 is 0 Å². The fraction of sp³-hybridized carbons (Fsp3) is 0.167. The van der Waals surface area contributed by atoms with Crippen molar-refractivity contribution in [2.45, 2.75) is 3.79 Å². The molecule has 0 atom stereocenters. The Hall–Kier alpha value is -0.180. The molecule has 0 saturated heterocycles. The molecule has 1 aromatic heterocycles. The van der Waals surface area contributed by atoms with Crippen molar-refractivity contribution in [3.63, 3.8) is 0 Å². The lowest BCUT2D eigenvalue weighted by Gasteiger charge is -2.09. The maximum Gasteiger partial charge on any atom is 0.217 e. The van der Waals surface area contributed by atoms with E-state index in [2.05, 4.69) is 4.98 Å². The van der Waals surface area contributed by atoms with E-state index < -0.39 is 3.79 Å². The summed E-state index contributed by atoms with van der Waals surface area (Å²) < 4.78 is -1.47. The Kier molecular flexibility index (Phi) is 2.47. The molecule has 0 amide bonds. The largest absolute Gasteiger partial charge is 0.493 e. The Labute approximate surface area is 78.7 Å². The molecule has 0 aliphatic rings. The highest BCUT2D eigenvalue weighted by atomic mass is 35.6. The second-order valence-electron chi connectivity index (χ2n) is 1.90. The maximum atomic E-state index is 8.78. The molecular formula is C6H4Cl3NO. The van der Waals surface area contributed by atoms with Crippen molar-refractivity contribution in [3.05, 3.63) is 23.9 Å². The fourth-order valence-electron chi connectivity index (χ4n) is 0.554. The van der Waals surface area contributed by atoms with Gasteiger partial charge in [-0.3, -0.25) is 0 Å². The molecule has 0 saturated carbocycles. The summed E-state index contributed by atoms with van der Waals surface area (Å²) in [5.41, 5.74) is 0.431. The fourth-order valence-corrected chi connectivity index (χ4v) is 0.889. The van der Waals surface area contributed by atoms with Gasteiger partial charge in [-0.1, -0.05) is 34.8 Å². The lowest BCUT2D eigenvalue weighted by Crippen LogP contribution is -1.99. The van der Waals surface area contributed by atoms with Crippen LogP contribution in [0.25, 0.3) is 0 Å². The van der Waals surface area contributed by atoms with E-state index in [1.165, 1.54) is 18.3 Å². The number of aromatic hydroxyl groups is 1. The minimum atomic E-state index is -1.47. The Bertz CT molecular complexity index is 241. The molecule has 1 rings (SSSR count). The van der Waals surface area contributed by atoms with Crippen LogP contribution in [0.3, 0.4) is 0 Å². The van der Waals surface area contributed by atoms with Gasteiger partial charge in [-0.25, -0.2) is 4.98 Å². The van der Waals surface area contributed by atoms with Crippen LogP contribution in [0.15, 0.2) is 18.3 Å². The van der Waals surface area contributed by atoms with Gasteiger partial charge >= 0.3 is 0 Å². The van der Waals surface area contributed by atoms with E-state index in [-0.39, 0.29) is 5.88 Å². The summed E-state index contributed by atoms with van der Waals surface area (Å²) >= 11 is 16.6. The Morgan fingerprint density at radius 3 is 2.27 bits per heavy atom. The first-order chi connectivity index (χ1) is 5.00. The van der Waals surface area contributed by atoms with Crippen molar-refractivity contribution < 1.29 is 5.11 Å². The summed E-state index contributed by atoms with van der Waals surface area (Å²) in [6.45, 7) is 0. The normalized spacial score (nSPS) is 11.5. The molecule has 0 aliphatic carbocycles. The summed E-state index contributed by atoms with van der Waals surface area (Å²) in [4.78, 5) is 3.55. The maximum absolute atomic E-state index is 8.78. The first-order valence-electron chi connectivity index (χ1n) is 2.72. The van der Waals surface area contributed by atoms with Gasteiger partial charge in [-0.2, -0.15) is 0 Å². The van der Waals surface area contributed by atoms with Gasteiger partial charge in [0.2, 0.25) is 9.67 Å². The molecule has 0 radical (unpaired) electrons. The number of nitrogens with zero attached hydrogens (tertiary/aromatic N) is 1. The second kappa shape index (κ2) is 3.05. The van der Waals surface area contributed by atoms with Crippen LogP contribution in [0.1, 0.15) is 5.56 Å². The minimum Gasteiger partial charge on any atom is -0.493 e. The van der Waals surface area contributed by atoms with E-state index in [0.29, 0.717) is 5.56 Å². The molecule has 5 heteroatoms. The molecule has 2 nitrogen and oxygen atoms in total. The van der Waals surface area contributed by atoms with Crippen LogP contribution in [0.2, 0.25) is 0 Å². The average molecular weight is 212 g/mol. The van der Waals surface area contributed by atoms with Crippen molar-refractivity contribution in [2.75, 3.05) is 0 Å². The Morgan fingerprint density at radius 2 is 1.91 bits per heavy atom. The first kappa shape index (κ1) is 8.91. The zero-order valence-corrected chi connectivity index (χ0v) is 7.53. The van der Waals surface area contributed by atoms with Crippen LogP contribution in [0.4, 0.5) is 0 Å². The number of aromatic nitrogens is 1. The number of halogens is 3. The van der Waals surface area contributed by atoms with Crippen molar-refractivity contribution in [1.29, 1.82) is 0 Å². The number of rotatable bonds is 0. The van der Waals surface area contributed by atoms with Crippen molar-refractivity contribution in [2.24, 2.45) is 0 Å². The van der Waals surface area contributed by atoms with Gasteiger partial charge in [0.05, 0.1) is 0 Å². The van der Waals surface area contributed by atoms with Crippen LogP contribution in [-0.4, -0.2) is 10.1 Å². The first-order valence-corrected chi connectivity index (χ1v) is 3.86. The van der Waals surface area contributed by atoms with Gasteiger partial charge in [0.15, 0.2) is 0 Å². The molecule has 0 aliphatic heterocycles. The molecule has 0 bridgehead atoms. The molecule has 1 N–H and O–H groups in total. The smallest absolute Gasteiger partial charge is 0.217 e. The molecule has 0 fully saturated rings. The van der Waals surface area contributed by atoms with E-state index >= 15 is 0 Å². The third-order valence-corrected chi connectivity index (χ3v) is 1.73. The predicted octanol–water partition coefficient (Wildman–Crippen LogP) is 2.61. The molecule has 1 aromatic rings. The Morgan fingerprint density at radius 1 is 1.27 bits per heavy atom. The van der Waals surface area contributed by atoms with Crippen LogP contribution in [0, 0.1) is 0 Å². The van der Waals surface area contributed by atoms with Gasteiger partial charge in [0.1, 0.15) is 0 Å². The monoisotopic (exact) mass is 211 g/mol. The molecule has 11 heavy (non-hydrogen) atoms. The van der Waals surface area contributed by atoms with E-state index in [9.17, 15) is 0 Å². The number of alkyl halides is 3. The van der Waals surface area contributed by atoms with Gasteiger partial charge in [0, 0.05) is 17.8 Å². The quantitative estimate of drug-likeness (QED) is 0.671. The molecular weight excluding hydrogens is 208 g/mol. The van der Waals surface area contributed by atoms with E-state index in [4.69, 9.17) is 39.9 Å². The van der Waals surface area contributed by atoms with Crippen LogP contribution >= 0.6 is 34.8 Å². The average Bonchev–Trinajstić information content (AvgIpc) is 1.86. The van der Waals surface area contributed by atoms with Crippen molar-refractivity contribution in [3.8, 4) is 5.88 Å². The second-order valence-corrected chi connectivity index (χ2v) is 4.18. The van der Waals surface area contributed by atoms with Crippen LogP contribution in [0.5, 0.6) is 5.88 Å². The SMILES string of the molecule is Oc1ccc(C(Cl)(Cl)Cl)cn1. The summed E-state index contributed by atoms with van der Waals surface area (Å²) in [7, 11) is 0. The number of hydrogen-bond acceptors (Lipinski definition) is 2. The highest BCUT2D eigenvalue weighted by molar-refractivity contribution is 6.66. The topological polar surface area (TPSA) is 33.1 Å². The lowest BCUT2D eigenvalue weighted by molar-refractivity contribution is 0.453. The summed E-state index contributed by atoms with van der Waals surface area (Å²) in [6.07, 6.45) is 1.31. The Balaban J connectivity index is 2.99. The van der Waals surface area contributed by atoms with Gasteiger partial charge in [-0.05, 0) is 6.07 Å². The standard InChI is InChI=1S/C6H4Cl3NO/c7-6(8,9)4-1-2-5(11)10-3-4/h1-3H,(H,10,11). The summed E-state index contributed by atoms with van der Waals surface area (Å²) in [5.74, 6) is -0.0944. The third kappa shape index (κ3) is 2.40. The van der Waals surface area contributed by atoms with Crippen molar-refractivity contribution >= 4 is 34.8 Å². The van der Waals surface area contributed by atoms with Gasteiger partial charge in [-0.15, -0.1) is 0 Å². The van der Waals surface area contributed by atoms with Gasteiger partial charge < -0.3 is 5.11 Å². The number of hydrogen-bond donors (Lipinski definition) is 1. The van der Waals surface area contributed by atoms with Gasteiger partial charge in [0.25, 0.3) is 0 Å². The zero-order valence-electron chi connectivity index (χ0n) is 5.26. The number of pyridine rings is 1. The lowest BCUT2D eigenvalue weighted by atomic mass is 10.3. The molecule has 0 spiro atoms. The van der Waals surface area contributed by atoms with Crippen molar-refractivity contribution in [1.82, 2.24) is 4.98 Å². The minimum absolute atomic E-state index is 0.0944. The predicted molar refractivity (Wildman–Crippen MR) is 45.1 cm³/mol. The summed E-state index contributed by atoms with van der Waals surface area (Å²) in [6, 6.07) is 2.85.